The van der Waals surface area contributed by atoms with Crippen LogP contribution in [0.15, 0.2) is 30.3 Å². The van der Waals surface area contributed by atoms with E-state index in [2.05, 4.69) is 5.32 Å². The average Bonchev–Trinajstić information content (AvgIpc) is 2.42. The molecule has 0 saturated heterocycles. The molecule has 0 aliphatic carbocycles. The molecule has 0 aromatic heterocycles. The van der Waals surface area contributed by atoms with Crippen LogP contribution in [-0.2, 0) is 16.1 Å². The summed E-state index contributed by atoms with van der Waals surface area (Å²) in [7, 11) is 0. The predicted molar refractivity (Wildman–Crippen MR) is 70.5 cm³/mol. The first kappa shape index (κ1) is 15.2. The zero-order chi connectivity index (χ0) is 14.3. The average molecular weight is 265 g/mol. The van der Waals surface area contributed by atoms with Crippen molar-refractivity contribution in [3.05, 3.63) is 35.9 Å². The van der Waals surface area contributed by atoms with E-state index >= 15 is 0 Å². The van der Waals surface area contributed by atoms with Crippen molar-refractivity contribution < 1.29 is 19.4 Å². The third kappa shape index (κ3) is 5.09. The monoisotopic (exact) mass is 265 g/mol. The Bertz CT molecular complexity index is 419. The number of hydrogen-bond acceptors (Lipinski definition) is 4. The Hall–Kier alpha value is -1.88. The van der Waals surface area contributed by atoms with Crippen LogP contribution in [0, 0.1) is 5.92 Å². The summed E-state index contributed by atoms with van der Waals surface area (Å²) in [6.07, 6.45) is -0.663. The normalized spacial score (nSPS) is 13.4. The summed E-state index contributed by atoms with van der Waals surface area (Å²) >= 11 is 0. The number of alkyl carbamates (subject to hydrolysis) is 1. The summed E-state index contributed by atoms with van der Waals surface area (Å²) in [4.78, 5) is 23.0. The van der Waals surface area contributed by atoms with Gasteiger partial charge in [-0.1, -0.05) is 37.3 Å². The lowest BCUT2D eigenvalue weighted by Crippen LogP contribution is -2.45. The molecule has 0 bridgehead atoms. The van der Waals surface area contributed by atoms with Gasteiger partial charge in [0.25, 0.3) is 0 Å². The Morgan fingerprint density at radius 1 is 1.32 bits per heavy atom. The first-order chi connectivity index (χ1) is 9.04. The zero-order valence-corrected chi connectivity index (χ0v) is 11.1. The van der Waals surface area contributed by atoms with Crippen molar-refractivity contribution in [1.29, 1.82) is 0 Å². The van der Waals surface area contributed by atoms with Gasteiger partial charge in [-0.2, -0.15) is 0 Å². The maximum absolute atomic E-state index is 11.6. The van der Waals surface area contributed by atoms with Crippen LogP contribution >= 0.6 is 0 Å². The van der Waals surface area contributed by atoms with Crippen LogP contribution in [0.3, 0.4) is 0 Å². The van der Waals surface area contributed by atoms with E-state index in [9.17, 15) is 9.59 Å². The molecule has 0 spiro atoms. The van der Waals surface area contributed by atoms with E-state index in [0.29, 0.717) is 0 Å². The lowest BCUT2D eigenvalue weighted by molar-refractivity contribution is -0.120. The smallest absolute Gasteiger partial charge is 0.408 e. The molecule has 1 aromatic rings. The van der Waals surface area contributed by atoms with Crippen LogP contribution in [0.2, 0.25) is 0 Å². The number of Topliss-reactive ketones (excluding diaryl/α,β-unsaturated/α-hetero) is 1. The molecule has 2 N–H and O–H groups in total. The number of carbonyl (C=O) groups is 2. The minimum Gasteiger partial charge on any atom is -0.445 e. The third-order valence-electron chi connectivity index (χ3n) is 2.78. The van der Waals surface area contributed by atoms with E-state index in [1.165, 1.54) is 6.92 Å². The van der Waals surface area contributed by atoms with Crippen molar-refractivity contribution in [1.82, 2.24) is 5.32 Å². The lowest BCUT2D eigenvalue weighted by Gasteiger charge is -2.20. The van der Waals surface area contributed by atoms with E-state index in [4.69, 9.17) is 9.84 Å². The number of amides is 1. The minimum absolute atomic E-state index is 0.144. The fourth-order valence-electron chi connectivity index (χ4n) is 1.64. The second-order valence-electron chi connectivity index (χ2n) is 4.45. The predicted octanol–water partition coefficient (Wildman–Crippen LogP) is 1.50. The van der Waals surface area contributed by atoms with Gasteiger partial charge in [0.2, 0.25) is 0 Å². The van der Waals surface area contributed by atoms with Gasteiger partial charge >= 0.3 is 6.09 Å². The molecule has 0 fully saturated rings. The van der Waals surface area contributed by atoms with E-state index in [1.807, 2.05) is 30.3 Å². The molecular weight excluding hydrogens is 246 g/mol. The van der Waals surface area contributed by atoms with Crippen molar-refractivity contribution in [2.75, 3.05) is 6.61 Å². The van der Waals surface area contributed by atoms with Gasteiger partial charge in [-0.15, -0.1) is 0 Å². The molecule has 2 atom stereocenters. The zero-order valence-electron chi connectivity index (χ0n) is 11.1. The highest BCUT2D eigenvalue weighted by Gasteiger charge is 2.23. The molecule has 5 heteroatoms. The number of carbonyl (C=O) groups excluding carboxylic acids is 2. The van der Waals surface area contributed by atoms with Gasteiger partial charge in [0.1, 0.15) is 6.61 Å². The van der Waals surface area contributed by atoms with E-state index < -0.39 is 12.1 Å². The second kappa shape index (κ2) is 7.53. The third-order valence-corrected chi connectivity index (χ3v) is 2.78. The number of nitrogens with one attached hydrogen (secondary N) is 1. The SMILES string of the molecule is CC(=O)[C@@H](NC(=O)OCc1ccccc1)[C@H](C)CO. The number of rotatable bonds is 6. The first-order valence-corrected chi connectivity index (χ1v) is 6.13. The van der Waals surface area contributed by atoms with Crippen LogP contribution in [0.4, 0.5) is 4.79 Å². The Balaban J connectivity index is 2.47. The molecule has 104 valence electrons. The summed E-state index contributed by atoms with van der Waals surface area (Å²) in [5.41, 5.74) is 0.868. The summed E-state index contributed by atoms with van der Waals surface area (Å²) < 4.78 is 5.02. The number of aliphatic hydroxyl groups excluding tert-OH is 1. The minimum atomic E-state index is -0.728. The molecule has 0 saturated carbocycles. The van der Waals surface area contributed by atoms with Gasteiger partial charge in [-0.25, -0.2) is 4.79 Å². The fourth-order valence-corrected chi connectivity index (χ4v) is 1.64. The molecule has 0 radical (unpaired) electrons. The summed E-state index contributed by atoms with van der Waals surface area (Å²) in [6, 6.07) is 8.52. The molecule has 1 rings (SSSR count). The van der Waals surface area contributed by atoms with E-state index in [1.54, 1.807) is 6.92 Å². The maximum Gasteiger partial charge on any atom is 0.408 e. The van der Waals surface area contributed by atoms with Crippen molar-refractivity contribution >= 4 is 11.9 Å². The van der Waals surface area contributed by atoms with Crippen LogP contribution in [0.5, 0.6) is 0 Å². The van der Waals surface area contributed by atoms with Gasteiger partial charge in [-0.05, 0) is 12.5 Å². The maximum atomic E-state index is 11.6. The molecule has 1 amide bonds. The highest BCUT2D eigenvalue weighted by atomic mass is 16.5. The van der Waals surface area contributed by atoms with Crippen LogP contribution in [0.25, 0.3) is 0 Å². The quantitative estimate of drug-likeness (QED) is 0.817. The van der Waals surface area contributed by atoms with Crippen molar-refractivity contribution in [2.24, 2.45) is 5.92 Å². The number of aliphatic hydroxyl groups is 1. The van der Waals surface area contributed by atoms with Crippen LogP contribution in [0.1, 0.15) is 19.4 Å². The number of ketones is 1. The van der Waals surface area contributed by atoms with Crippen molar-refractivity contribution in [2.45, 2.75) is 26.5 Å². The van der Waals surface area contributed by atoms with E-state index in [0.717, 1.165) is 5.56 Å². The van der Waals surface area contributed by atoms with Gasteiger partial charge < -0.3 is 15.2 Å². The molecule has 19 heavy (non-hydrogen) atoms. The molecule has 5 nitrogen and oxygen atoms in total. The molecule has 1 aromatic carbocycles. The molecule has 0 aliphatic rings. The van der Waals surface area contributed by atoms with Crippen LogP contribution in [-0.4, -0.2) is 29.6 Å². The van der Waals surface area contributed by atoms with Crippen molar-refractivity contribution in [3.63, 3.8) is 0 Å². The van der Waals surface area contributed by atoms with Gasteiger partial charge in [0.15, 0.2) is 5.78 Å². The standard InChI is InChI=1S/C14H19NO4/c1-10(8-16)13(11(2)17)15-14(18)19-9-12-6-4-3-5-7-12/h3-7,10,13,16H,8-9H2,1-2H3,(H,15,18)/t10-,13+/m1/s1. The largest absolute Gasteiger partial charge is 0.445 e. The lowest BCUT2D eigenvalue weighted by atomic mass is 10.00. The second-order valence-corrected chi connectivity index (χ2v) is 4.45. The Kier molecular flexibility index (Phi) is 6.02. The van der Waals surface area contributed by atoms with Gasteiger partial charge in [0.05, 0.1) is 6.04 Å². The number of hydrogen-bond donors (Lipinski definition) is 2. The summed E-state index contributed by atoms with van der Waals surface area (Å²) in [5.74, 6) is -0.556. The molecular formula is C14H19NO4. The van der Waals surface area contributed by atoms with Crippen LogP contribution < -0.4 is 5.32 Å². The number of benzene rings is 1. The van der Waals surface area contributed by atoms with Gasteiger partial charge in [-0.3, -0.25) is 4.79 Å². The molecule has 0 aliphatic heterocycles. The Labute approximate surface area is 112 Å². The topological polar surface area (TPSA) is 75.6 Å². The Morgan fingerprint density at radius 3 is 2.47 bits per heavy atom. The number of ether oxygens (including phenoxy) is 1. The van der Waals surface area contributed by atoms with Gasteiger partial charge in [0, 0.05) is 12.5 Å². The van der Waals surface area contributed by atoms with E-state index in [-0.39, 0.29) is 24.9 Å². The summed E-state index contributed by atoms with van der Waals surface area (Å²) in [5, 5.41) is 11.5. The summed E-state index contributed by atoms with van der Waals surface area (Å²) in [6.45, 7) is 3.02. The highest BCUT2D eigenvalue weighted by Crippen LogP contribution is 2.05. The highest BCUT2D eigenvalue weighted by molar-refractivity contribution is 5.85. The first-order valence-electron chi connectivity index (χ1n) is 6.13. The fraction of sp³-hybridized carbons (Fsp3) is 0.429. The Morgan fingerprint density at radius 2 is 1.95 bits per heavy atom. The molecule has 0 unspecified atom stereocenters. The molecule has 0 heterocycles. The van der Waals surface area contributed by atoms with Crippen molar-refractivity contribution in [3.8, 4) is 0 Å².